The molecule has 0 saturated heterocycles. The molecule has 1 nitrogen and oxygen atoms in total. The molecular formula is C18H32O. The monoisotopic (exact) mass is 264 g/mol. The van der Waals surface area contributed by atoms with Crippen LogP contribution in [0.1, 0.15) is 84.5 Å². The molecule has 0 rings (SSSR count). The molecule has 19 heavy (non-hydrogen) atoms. The van der Waals surface area contributed by atoms with E-state index in [-0.39, 0.29) is 0 Å². The second-order valence-electron chi connectivity index (χ2n) is 5.27. The van der Waals surface area contributed by atoms with Gasteiger partial charge in [0.05, 0.1) is 0 Å². The molecule has 0 aliphatic carbocycles. The SMILES string of the molecule is CCCC/C=C\CCCCCCCCC#CC(C)O. The summed E-state index contributed by atoms with van der Waals surface area (Å²) in [6, 6.07) is 0. The summed E-state index contributed by atoms with van der Waals surface area (Å²) in [6.07, 6.45) is 18.1. The molecule has 0 aromatic heterocycles. The van der Waals surface area contributed by atoms with Crippen LogP contribution in [0.25, 0.3) is 0 Å². The highest BCUT2D eigenvalue weighted by atomic mass is 16.3. The van der Waals surface area contributed by atoms with Crippen molar-refractivity contribution < 1.29 is 5.11 Å². The van der Waals surface area contributed by atoms with E-state index in [1.54, 1.807) is 6.92 Å². The predicted molar refractivity (Wildman–Crippen MR) is 85.1 cm³/mol. The molecule has 0 aliphatic rings. The van der Waals surface area contributed by atoms with E-state index in [0.29, 0.717) is 0 Å². The standard InChI is InChI=1S/C18H32O/c1-3-4-5-6-7-8-9-10-11-12-13-14-15-16-17-18(2)19/h6-7,18-19H,3-5,8-15H2,1-2H3/b7-6-. The first kappa shape index (κ1) is 18.3. The first-order valence-corrected chi connectivity index (χ1v) is 8.08. The van der Waals surface area contributed by atoms with Crippen LogP contribution in [0.2, 0.25) is 0 Å². The molecule has 0 fully saturated rings. The van der Waals surface area contributed by atoms with Crippen LogP contribution < -0.4 is 0 Å². The van der Waals surface area contributed by atoms with E-state index in [9.17, 15) is 0 Å². The largest absolute Gasteiger partial charge is 0.381 e. The third kappa shape index (κ3) is 17.3. The summed E-state index contributed by atoms with van der Waals surface area (Å²) in [6.45, 7) is 3.95. The molecule has 0 saturated carbocycles. The summed E-state index contributed by atoms with van der Waals surface area (Å²) < 4.78 is 0. The first-order chi connectivity index (χ1) is 9.27. The highest BCUT2D eigenvalue weighted by molar-refractivity contribution is 5.02. The second kappa shape index (κ2) is 15.3. The van der Waals surface area contributed by atoms with Gasteiger partial charge in [0.25, 0.3) is 0 Å². The van der Waals surface area contributed by atoms with Crippen LogP contribution in [0.5, 0.6) is 0 Å². The second-order valence-corrected chi connectivity index (χ2v) is 5.27. The molecule has 0 aliphatic heterocycles. The van der Waals surface area contributed by atoms with E-state index in [1.807, 2.05) is 0 Å². The van der Waals surface area contributed by atoms with Crippen molar-refractivity contribution in [3.05, 3.63) is 12.2 Å². The zero-order chi connectivity index (χ0) is 14.2. The van der Waals surface area contributed by atoms with Crippen molar-refractivity contribution in [2.45, 2.75) is 90.6 Å². The summed E-state index contributed by atoms with van der Waals surface area (Å²) in [5.74, 6) is 5.79. The Morgan fingerprint density at radius 3 is 2.11 bits per heavy atom. The first-order valence-electron chi connectivity index (χ1n) is 8.08. The Morgan fingerprint density at radius 2 is 1.47 bits per heavy atom. The number of allylic oxidation sites excluding steroid dienone is 2. The van der Waals surface area contributed by atoms with E-state index in [2.05, 4.69) is 30.9 Å². The highest BCUT2D eigenvalue weighted by Gasteiger charge is 1.90. The van der Waals surface area contributed by atoms with Crippen LogP contribution >= 0.6 is 0 Å². The Labute approximate surface area is 120 Å². The number of hydrogen-bond acceptors (Lipinski definition) is 1. The fourth-order valence-corrected chi connectivity index (χ4v) is 1.96. The lowest BCUT2D eigenvalue weighted by Gasteiger charge is -1.99. The van der Waals surface area contributed by atoms with Gasteiger partial charge in [-0.1, -0.05) is 63.5 Å². The van der Waals surface area contributed by atoms with Crippen LogP contribution in [-0.2, 0) is 0 Å². The molecule has 1 unspecified atom stereocenters. The van der Waals surface area contributed by atoms with Gasteiger partial charge in [-0.25, -0.2) is 0 Å². The molecule has 1 atom stereocenters. The van der Waals surface area contributed by atoms with Gasteiger partial charge in [0.1, 0.15) is 6.10 Å². The van der Waals surface area contributed by atoms with Gasteiger partial charge in [0.2, 0.25) is 0 Å². The summed E-state index contributed by atoms with van der Waals surface area (Å²) in [5.41, 5.74) is 0. The third-order valence-corrected chi connectivity index (χ3v) is 3.12. The number of rotatable bonds is 11. The Bertz CT molecular complexity index is 255. The average molecular weight is 264 g/mol. The number of aliphatic hydroxyl groups is 1. The summed E-state index contributed by atoms with van der Waals surface area (Å²) >= 11 is 0. The number of unbranched alkanes of at least 4 members (excludes halogenated alkanes) is 9. The number of hydrogen-bond donors (Lipinski definition) is 1. The lowest BCUT2D eigenvalue weighted by Crippen LogP contribution is -1.92. The topological polar surface area (TPSA) is 20.2 Å². The zero-order valence-corrected chi connectivity index (χ0v) is 13.0. The Kier molecular flexibility index (Phi) is 14.7. The van der Waals surface area contributed by atoms with Gasteiger partial charge in [0.15, 0.2) is 0 Å². The van der Waals surface area contributed by atoms with Crippen LogP contribution in [-0.4, -0.2) is 11.2 Å². The third-order valence-electron chi connectivity index (χ3n) is 3.12. The van der Waals surface area contributed by atoms with E-state index in [1.165, 1.54) is 64.2 Å². The molecule has 110 valence electrons. The lowest BCUT2D eigenvalue weighted by molar-refractivity contribution is 0.253. The van der Waals surface area contributed by atoms with Crippen molar-refractivity contribution in [3.8, 4) is 11.8 Å². The van der Waals surface area contributed by atoms with Gasteiger partial charge in [0, 0.05) is 6.42 Å². The van der Waals surface area contributed by atoms with Crippen LogP contribution in [0.15, 0.2) is 12.2 Å². The molecule has 0 amide bonds. The van der Waals surface area contributed by atoms with E-state index in [4.69, 9.17) is 5.11 Å². The van der Waals surface area contributed by atoms with Crippen molar-refractivity contribution in [2.24, 2.45) is 0 Å². The zero-order valence-electron chi connectivity index (χ0n) is 13.0. The fourth-order valence-electron chi connectivity index (χ4n) is 1.96. The minimum Gasteiger partial charge on any atom is -0.381 e. The summed E-state index contributed by atoms with van der Waals surface area (Å²) in [5, 5.41) is 8.96. The molecule has 0 aromatic carbocycles. The fraction of sp³-hybridized carbons (Fsp3) is 0.778. The molecule has 0 spiro atoms. The van der Waals surface area contributed by atoms with Crippen molar-refractivity contribution in [3.63, 3.8) is 0 Å². The molecule has 0 heterocycles. The molecule has 0 aromatic rings. The van der Waals surface area contributed by atoms with Gasteiger partial charge in [-0.2, -0.15) is 0 Å². The van der Waals surface area contributed by atoms with E-state index >= 15 is 0 Å². The van der Waals surface area contributed by atoms with Crippen molar-refractivity contribution in [1.82, 2.24) is 0 Å². The molecule has 1 heteroatoms. The maximum absolute atomic E-state index is 8.96. The average Bonchev–Trinajstić information content (AvgIpc) is 2.39. The molecule has 0 radical (unpaired) electrons. The van der Waals surface area contributed by atoms with Crippen LogP contribution in [0.4, 0.5) is 0 Å². The van der Waals surface area contributed by atoms with Crippen LogP contribution in [0, 0.1) is 11.8 Å². The molecule has 0 bridgehead atoms. The van der Waals surface area contributed by atoms with Gasteiger partial charge < -0.3 is 5.11 Å². The maximum Gasteiger partial charge on any atom is 0.111 e. The normalized spacial score (nSPS) is 12.4. The molecule has 1 N–H and O–H groups in total. The molecular weight excluding hydrogens is 232 g/mol. The Morgan fingerprint density at radius 1 is 0.895 bits per heavy atom. The number of aliphatic hydroxyl groups excluding tert-OH is 1. The minimum atomic E-state index is -0.467. The Hall–Kier alpha value is -0.740. The smallest absolute Gasteiger partial charge is 0.111 e. The van der Waals surface area contributed by atoms with Gasteiger partial charge >= 0.3 is 0 Å². The van der Waals surface area contributed by atoms with Crippen molar-refractivity contribution in [2.75, 3.05) is 0 Å². The minimum absolute atomic E-state index is 0.467. The summed E-state index contributed by atoms with van der Waals surface area (Å²) in [4.78, 5) is 0. The van der Waals surface area contributed by atoms with Gasteiger partial charge in [-0.15, -0.1) is 5.92 Å². The quantitative estimate of drug-likeness (QED) is 0.307. The lowest BCUT2D eigenvalue weighted by atomic mass is 10.1. The van der Waals surface area contributed by atoms with E-state index in [0.717, 1.165) is 6.42 Å². The maximum atomic E-state index is 8.96. The Balaban J connectivity index is 3.11. The summed E-state index contributed by atoms with van der Waals surface area (Å²) in [7, 11) is 0. The van der Waals surface area contributed by atoms with E-state index < -0.39 is 6.10 Å². The van der Waals surface area contributed by atoms with Crippen molar-refractivity contribution >= 4 is 0 Å². The van der Waals surface area contributed by atoms with Crippen molar-refractivity contribution in [1.29, 1.82) is 0 Å². The van der Waals surface area contributed by atoms with Gasteiger partial charge in [-0.05, 0) is 32.6 Å². The van der Waals surface area contributed by atoms with Gasteiger partial charge in [-0.3, -0.25) is 0 Å². The highest BCUT2D eigenvalue weighted by Crippen LogP contribution is 2.09. The predicted octanol–water partition coefficient (Wildman–Crippen LogP) is 5.24. The van der Waals surface area contributed by atoms with Crippen LogP contribution in [0.3, 0.4) is 0 Å².